The van der Waals surface area contributed by atoms with Crippen molar-refractivity contribution in [1.82, 2.24) is 0 Å². The number of hydrogen-bond donors (Lipinski definition) is 2. The quantitative estimate of drug-likeness (QED) is 0.662. The molecule has 0 saturated heterocycles. The third-order valence-corrected chi connectivity index (χ3v) is 3.30. The first-order chi connectivity index (χ1) is 9.49. The molecule has 0 radical (unpaired) electrons. The van der Waals surface area contributed by atoms with Gasteiger partial charge in [0.2, 0.25) is 0 Å². The summed E-state index contributed by atoms with van der Waals surface area (Å²) in [5.74, 6) is 0.0296. The summed E-state index contributed by atoms with van der Waals surface area (Å²) in [5.41, 5.74) is 2.24. The summed E-state index contributed by atoms with van der Waals surface area (Å²) in [6, 6.07) is 9.79. The minimum Gasteiger partial charge on any atom is -0.506 e. The maximum Gasteiger partial charge on any atom is 0.274 e. The molecule has 0 spiro atoms. The predicted molar refractivity (Wildman–Crippen MR) is 78.3 cm³/mol. The van der Waals surface area contributed by atoms with Crippen LogP contribution in [0.2, 0.25) is 5.02 Å². The van der Waals surface area contributed by atoms with Crippen molar-refractivity contribution in [3.8, 4) is 5.75 Å². The Morgan fingerprint density at radius 1 is 1.35 bits per heavy atom. The molecule has 20 heavy (non-hydrogen) atoms. The zero-order chi connectivity index (χ0) is 14.7. The van der Waals surface area contributed by atoms with Crippen LogP contribution in [0.25, 0.3) is 0 Å². The van der Waals surface area contributed by atoms with Crippen LogP contribution in [0.5, 0.6) is 5.75 Å². The van der Waals surface area contributed by atoms with Crippen LogP contribution in [0.3, 0.4) is 0 Å². The van der Waals surface area contributed by atoms with Crippen LogP contribution in [0, 0.1) is 17.0 Å². The lowest BCUT2D eigenvalue weighted by Gasteiger charge is -2.10. The molecule has 0 atom stereocenters. The van der Waals surface area contributed by atoms with Gasteiger partial charge in [0.1, 0.15) is 5.75 Å². The lowest BCUT2D eigenvalue weighted by molar-refractivity contribution is -0.385. The van der Waals surface area contributed by atoms with Gasteiger partial charge in [0.25, 0.3) is 5.69 Å². The molecule has 2 N–H and O–H groups in total. The molecule has 0 unspecified atom stereocenters. The number of phenols is 1. The molecule has 0 heterocycles. The predicted octanol–water partition coefficient (Wildman–Crippen LogP) is 3.87. The van der Waals surface area contributed by atoms with Gasteiger partial charge in [0.15, 0.2) is 0 Å². The lowest BCUT2D eigenvalue weighted by atomic mass is 10.1. The number of anilines is 1. The fourth-order valence-corrected chi connectivity index (χ4v) is 2.07. The van der Waals surface area contributed by atoms with E-state index in [0.717, 1.165) is 5.56 Å². The number of hydrogen-bond acceptors (Lipinski definition) is 4. The second kappa shape index (κ2) is 5.79. The summed E-state index contributed by atoms with van der Waals surface area (Å²) in [6.45, 7) is 2.16. The number of nitro benzene ring substituents is 1. The molecule has 5 nitrogen and oxygen atoms in total. The Kier molecular flexibility index (Phi) is 4.10. The van der Waals surface area contributed by atoms with Crippen LogP contribution in [0.4, 0.5) is 11.4 Å². The molecule has 6 heteroatoms. The number of nitro groups is 1. The molecule has 0 aromatic heterocycles. The Bertz CT molecular complexity index is 659. The van der Waals surface area contributed by atoms with Gasteiger partial charge in [-0.15, -0.1) is 0 Å². The minimum atomic E-state index is -0.405. The Morgan fingerprint density at radius 3 is 2.75 bits per heavy atom. The maximum absolute atomic E-state index is 10.9. The summed E-state index contributed by atoms with van der Waals surface area (Å²) < 4.78 is 0. The second-order valence-electron chi connectivity index (χ2n) is 4.35. The SMILES string of the molecule is Cc1c(NCc2ccc(O)c(Cl)c2)cccc1[N+](=O)[O-]. The van der Waals surface area contributed by atoms with Crippen molar-refractivity contribution in [3.63, 3.8) is 0 Å². The smallest absolute Gasteiger partial charge is 0.274 e. The van der Waals surface area contributed by atoms with E-state index < -0.39 is 4.92 Å². The average Bonchev–Trinajstić information content (AvgIpc) is 2.41. The van der Waals surface area contributed by atoms with Gasteiger partial charge in [-0.1, -0.05) is 23.7 Å². The summed E-state index contributed by atoms with van der Waals surface area (Å²) in [4.78, 5) is 10.5. The summed E-state index contributed by atoms with van der Waals surface area (Å²) in [6.07, 6.45) is 0. The highest BCUT2D eigenvalue weighted by molar-refractivity contribution is 6.32. The number of nitrogens with one attached hydrogen (secondary N) is 1. The first kappa shape index (κ1) is 14.1. The zero-order valence-electron chi connectivity index (χ0n) is 10.8. The van der Waals surface area contributed by atoms with Crippen molar-refractivity contribution < 1.29 is 10.0 Å². The Balaban J connectivity index is 2.17. The molecular weight excluding hydrogens is 280 g/mol. The third-order valence-electron chi connectivity index (χ3n) is 3.00. The Labute approximate surface area is 121 Å². The molecule has 2 aromatic carbocycles. The fraction of sp³-hybridized carbons (Fsp3) is 0.143. The van der Waals surface area contributed by atoms with E-state index in [9.17, 15) is 15.2 Å². The molecule has 0 aliphatic heterocycles. The standard InChI is InChI=1S/C14H13ClN2O3/c1-9-12(3-2-4-13(9)17(19)20)16-8-10-5-6-14(18)11(15)7-10/h2-7,16,18H,8H2,1H3. The van der Waals surface area contributed by atoms with Crippen molar-refractivity contribution in [3.05, 3.63) is 62.7 Å². The largest absolute Gasteiger partial charge is 0.506 e. The highest BCUT2D eigenvalue weighted by atomic mass is 35.5. The van der Waals surface area contributed by atoms with Gasteiger partial charge in [0, 0.05) is 23.9 Å². The van der Waals surface area contributed by atoms with Crippen LogP contribution >= 0.6 is 11.6 Å². The van der Waals surface area contributed by atoms with Crippen LogP contribution in [-0.2, 0) is 6.54 Å². The minimum absolute atomic E-state index is 0.0296. The topological polar surface area (TPSA) is 75.4 Å². The van der Waals surface area contributed by atoms with Gasteiger partial charge >= 0.3 is 0 Å². The maximum atomic E-state index is 10.9. The number of rotatable bonds is 4. The van der Waals surface area contributed by atoms with E-state index in [1.807, 2.05) is 0 Å². The van der Waals surface area contributed by atoms with E-state index in [1.54, 1.807) is 31.2 Å². The molecular formula is C14H13ClN2O3. The summed E-state index contributed by atoms with van der Waals surface area (Å²) >= 11 is 5.83. The number of benzene rings is 2. The Morgan fingerprint density at radius 2 is 2.10 bits per heavy atom. The zero-order valence-corrected chi connectivity index (χ0v) is 11.5. The normalized spacial score (nSPS) is 10.3. The van der Waals surface area contributed by atoms with E-state index in [1.165, 1.54) is 12.1 Å². The molecule has 0 amide bonds. The summed E-state index contributed by atoms with van der Waals surface area (Å²) in [5, 5.41) is 23.6. The number of halogens is 1. The van der Waals surface area contributed by atoms with Crippen molar-refractivity contribution >= 4 is 23.0 Å². The van der Waals surface area contributed by atoms with Crippen molar-refractivity contribution in [2.45, 2.75) is 13.5 Å². The van der Waals surface area contributed by atoms with E-state index in [4.69, 9.17) is 11.6 Å². The Hall–Kier alpha value is -2.27. The van der Waals surface area contributed by atoms with E-state index in [0.29, 0.717) is 17.8 Å². The molecule has 0 fully saturated rings. The van der Waals surface area contributed by atoms with Gasteiger partial charge < -0.3 is 10.4 Å². The van der Waals surface area contributed by atoms with Crippen LogP contribution < -0.4 is 5.32 Å². The molecule has 2 aromatic rings. The van der Waals surface area contributed by atoms with Gasteiger partial charge in [-0.2, -0.15) is 0 Å². The molecule has 0 aliphatic rings. The van der Waals surface area contributed by atoms with E-state index in [-0.39, 0.29) is 16.5 Å². The summed E-state index contributed by atoms with van der Waals surface area (Å²) in [7, 11) is 0. The number of nitrogens with zero attached hydrogens (tertiary/aromatic N) is 1. The van der Waals surface area contributed by atoms with Gasteiger partial charge in [-0.05, 0) is 30.7 Å². The van der Waals surface area contributed by atoms with Gasteiger partial charge in [-0.3, -0.25) is 10.1 Å². The molecule has 0 saturated carbocycles. The monoisotopic (exact) mass is 292 g/mol. The molecule has 2 rings (SSSR count). The molecule has 0 aliphatic carbocycles. The first-order valence-corrected chi connectivity index (χ1v) is 6.32. The third kappa shape index (κ3) is 3.00. The lowest BCUT2D eigenvalue weighted by Crippen LogP contribution is -2.02. The second-order valence-corrected chi connectivity index (χ2v) is 4.75. The number of aromatic hydroxyl groups is 1. The fourth-order valence-electron chi connectivity index (χ4n) is 1.87. The molecule has 0 bridgehead atoms. The van der Waals surface area contributed by atoms with Crippen molar-refractivity contribution in [2.24, 2.45) is 0 Å². The first-order valence-electron chi connectivity index (χ1n) is 5.94. The van der Waals surface area contributed by atoms with Crippen molar-refractivity contribution in [2.75, 3.05) is 5.32 Å². The highest BCUT2D eigenvalue weighted by Crippen LogP contribution is 2.27. The van der Waals surface area contributed by atoms with Crippen LogP contribution in [0.1, 0.15) is 11.1 Å². The molecule has 104 valence electrons. The van der Waals surface area contributed by atoms with E-state index in [2.05, 4.69) is 5.32 Å². The van der Waals surface area contributed by atoms with Crippen LogP contribution in [0.15, 0.2) is 36.4 Å². The van der Waals surface area contributed by atoms with Gasteiger partial charge in [-0.25, -0.2) is 0 Å². The van der Waals surface area contributed by atoms with Crippen LogP contribution in [-0.4, -0.2) is 10.0 Å². The van der Waals surface area contributed by atoms with Gasteiger partial charge in [0.05, 0.1) is 9.95 Å². The average molecular weight is 293 g/mol. The number of phenolic OH excluding ortho intramolecular Hbond substituents is 1. The van der Waals surface area contributed by atoms with E-state index >= 15 is 0 Å². The highest BCUT2D eigenvalue weighted by Gasteiger charge is 2.12. The van der Waals surface area contributed by atoms with Crippen molar-refractivity contribution in [1.29, 1.82) is 0 Å².